The van der Waals surface area contributed by atoms with Gasteiger partial charge in [-0.15, -0.1) is 5.10 Å². The van der Waals surface area contributed by atoms with Gasteiger partial charge in [0, 0.05) is 11.4 Å². The smallest absolute Gasteiger partial charge is 0.320 e. The Kier molecular flexibility index (Phi) is 3.82. The van der Waals surface area contributed by atoms with Crippen LogP contribution in [0.5, 0.6) is 0 Å². The van der Waals surface area contributed by atoms with Crippen LogP contribution in [0.1, 0.15) is 16.2 Å². The lowest BCUT2D eigenvalue weighted by molar-refractivity contribution is 0.0991. The number of carbonyl (C=O) groups excluding carboxylic acids is 1. The summed E-state index contributed by atoms with van der Waals surface area (Å²) in [5.74, 6) is -0.546. The van der Waals surface area contributed by atoms with E-state index in [9.17, 15) is 4.79 Å². The molecule has 2 aromatic carbocycles. The van der Waals surface area contributed by atoms with Gasteiger partial charge in [-0.3, -0.25) is 4.79 Å². The summed E-state index contributed by atoms with van der Waals surface area (Å²) in [5.41, 5.74) is 2.59. The van der Waals surface area contributed by atoms with Crippen LogP contribution in [0.15, 0.2) is 59.0 Å². The normalized spacial score (nSPS) is 10.2. The quantitative estimate of drug-likeness (QED) is 0.771. The molecular weight excluding hydrogens is 280 g/mol. The highest BCUT2D eigenvalue weighted by Gasteiger charge is 2.15. The second-order valence-corrected chi connectivity index (χ2v) is 4.73. The molecule has 3 aromatic rings. The summed E-state index contributed by atoms with van der Waals surface area (Å²) in [6.45, 7) is 1.98. The summed E-state index contributed by atoms with van der Waals surface area (Å²) in [7, 11) is 0. The average molecular weight is 294 g/mol. The lowest BCUT2D eigenvalue weighted by Gasteiger charge is -2.02. The Morgan fingerprint density at radius 3 is 2.55 bits per heavy atom. The Balaban J connectivity index is 1.69. The van der Waals surface area contributed by atoms with E-state index in [0.717, 1.165) is 11.3 Å². The van der Waals surface area contributed by atoms with Crippen molar-refractivity contribution in [2.45, 2.75) is 6.92 Å². The molecule has 6 heteroatoms. The molecule has 6 nitrogen and oxygen atoms in total. The fraction of sp³-hybridized carbons (Fsp3) is 0.0625. The monoisotopic (exact) mass is 294 g/mol. The largest absolute Gasteiger partial charge is 0.399 e. The number of para-hydroxylation sites is 1. The summed E-state index contributed by atoms with van der Waals surface area (Å²) >= 11 is 0. The maximum Gasteiger partial charge on any atom is 0.320 e. The van der Waals surface area contributed by atoms with Crippen LogP contribution in [0.25, 0.3) is 0 Å². The van der Waals surface area contributed by atoms with E-state index in [1.807, 2.05) is 49.4 Å². The average Bonchev–Trinajstić information content (AvgIpc) is 2.97. The molecule has 0 aliphatic carbocycles. The standard InChI is InChI=1S/C16H14N4O2/c1-11-6-5-9-13(10-11)18-16-20-19-15(22-16)14(21)17-12-7-3-2-4-8-12/h2-10H,1H3,(H,17,21)(H,18,20). The van der Waals surface area contributed by atoms with Gasteiger partial charge in [0.05, 0.1) is 0 Å². The Hall–Kier alpha value is -3.15. The van der Waals surface area contributed by atoms with Crippen molar-refractivity contribution < 1.29 is 9.21 Å². The molecule has 0 aliphatic heterocycles. The first-order valence-electron chi connectivity index (χ1n) is 6.74. The summed E-state index contributed by atoms with van der Waals surface area (Å²) in [6.07, 6.45) is 0. The predicted molar refractivity (Wildman–Crippen MR) is 83.2 cm³/mol. The minimum absolute atomic E-state index is 0.0981. The number of aromatic nitrogens is 2. The van der Waals surface area contributed by atoms with Gasteiger partial charge in [-0.25, -0.2) is 0 Å². The second-order valence-electron chi connectivity index (χ2n) is 4.73. The van der Waals surface area contributed by atoms with Crippen molar-refractivity contribution >= 4 is 23.3 Å². The highest BCUT2D eigenvalue weighted by Crippen LogP contribution is 2.17. The predicted octanol–water partition coefficient (Wildman–Crippen LogP) is 3.37. The summed E-state index contributed by atoms with van der Waals surface area (Å²) in [6, 6.07) is 17.0. The molecule has 0 saturated carbocycles. The van der Waals surface area contributed by atoms with Crippen LogP contribution < -0.4 is 10.6 Å². The number of hydrogen-bond acceptors (Lipinski definition) is 5. The molecule has 0 unspecified atom stereocenters. The van der Waals surface area contributed by atoms with Gasteiger partial charge in [-0.1, -0.05) is 35.4 Å². The van der Waals surface area contributed by atoms with Crippen LogP contribution >= 0.6 is 0 Å². The van der Waals surface area contributed by atoms with Crippen LogP contribution in [0.3, 0.4) is 0 Å². The zero-order valence-corrected chi connectivity index (χ0v) is 11.9. The van der Waals surface area contributed by atoms with Crippen LogP contribution in [0.4, 0.5) is 17.4 Å². The van der Waals surface area contributed by atoms with E-state index in [4.69, 9.17) is 4.42 Å². The van der Waals surface area contributed by atoms with E-state index in [1.54, 1.807) is 12.1 Å². The van der Waals surface area contributed by atoms with Gasteiger partial charge in [-0.2, -0.15) is 0 Å². The van der Waals surface area contributed by atoms with Crippen LogP contribution in [0, 0.1) is 6.92 Å². The summed E-state index contributed by atoms with van der Waals surface area (Å²) in [4.78, 5) is 12.0. The van der Waals surface area contributed by atoms with Crippen LogP contribution in [0.2, 0.25) is 0 Å². The first-order chi connectivity index (χ1) is 10.7. The van der Waals surface area contributed by atoms with Gasteiger partial charge in [-0.05, 0) is 36.8 Å². The van der Waals surface area contributed by atoms with Crippen molar-refractivity contribution in [2.24, 2.45) is 0 Å². The molecule has 22 heavy (non-hydrogen) atoms. The fourth-order valence-corrected chi connectivity index (χ4v) is 1.92. The molecule has 0 bridgehead atoms. The van der Waals surface area contributed by atoms with E-state index < -0.39 is 5.91 Å². The topological polar surface area (TPSA) is 80.0 Å². The van der Waals surface area contributed by atoms with Gasteiger partial charge in [0.25, 0.3) is 0 Å². The van der Waals surface area contributed by atoms with E-state index in [0.29, 0.717) is 5.69 Å². The number of hydrogen-bond donors (Lipinski definition) is 2. The first-order valence-corrected chi connectivity index (χ1v) is 6.74. The van der Waals surface area contributed by atoms with Gasteiger partial charge in [0.15, 0.2) is 0 Å². The number of rotatable bonds is 4. The maximum atomic E-state index is 12.0. The fourth-order valence-electron chi connectivity index (χ4n) is 1.92. The molecule has 1 aromatic heterocycles. The van der Waals surface area contributed by atoms with Crippen molar-refractivity contribution in [3.63, 3.8) is 0 Å². The molecule has 0 aliphatic rings. The third kappa shape index (κ3) is 3.29. The lowest BCUT2D eigenvalue weighted by Crippen LogP contribution is -2.12. The molecule has 1 amide bonds. The zero-order chi connectivity index (χ0) is 15.4. The highest BCUT2D eigenvalue weighted by atomic mass is 16.4. The Labute approximate surface area is 127 Å². The molecule has 0 fully saturated rings. The molecular formula is C16H14N4O2. The van der Waals surface area contributed by atoms with Crippen LogP contribution in [-0.2, 0) is 0 Å². The zero-order valence-electron chi connectivity index (χ0n) is 11.9. The van der Waals surface area contributed by atoms with Crippen molar-refractivity contribution in [3.05, 3.63) is 66.1 Å². The van der Waals surface area contributed by atoms with Crippen molar-refractivity contribution in [1.29, 1.82) is 0 Å². The molecule has 0 radical (unpaired) electrons. The molecule has 3 rings (SSSR count). The molecule has 0 spiro atoms. The number of benzene rings is 2. The van der Waals surface area contributed by atoms with Crippen LogP contribution in [-0.4, -0.2) is 16.1 Å². The summed E-state index contributed by atoms with van der Waals surface area (Å²) in [5, 5.41) is 13.2. The molecule has 1 heterocycles. The number of aryl methyl sites for hydroxylation is 1. The third-order valence-electron chi connectivity index (χ3n) is 2.92. The second kappa shape index (κ2) is 6.09. The molecule has 110 valence electrons. The Morgan fingerprint density at radius 2 is 1.77 bits per heavy atom. The van der Waals surface area contributed by atoms with Crippen molar-refractivity contribution in [3.8, 4) is 0 Å². The minimum atomic E-state index is -0.448. The van der Waals surface area contributed by atoms with Gasteiger partial charge in [0.2, 0.25) is 0 Å². The highest BCUT2D eigenvalue weighted by molar-refractivity contribution is 6.00. The summed E-state index contributed by atoms with van der Waals surface area (Å²) < 4.78 is 5.32. The van der Waals surface area contributed by atoms with E-state index >= 15 is 0 Å². The number of amides is 1. The van der Waals surface area contributed by atoms with Gasteiger partial charge < -0.3 is 15.1 Å². The molecule has 0 atom stereocenters. The van der Waals surface area contributed by atoms with E-state index in [-0.39, 0.29) is 11.9 Å². The van der Waals surface area contributed by atoms with Crippen molar-refractivity contribution in [1.82, 2.24) is 10.2 Å². The van der Waals surface area contributed by atoms with Gasteiger partial charge in [0.1, 0.15) is 0 Å². The number of carbonyl (C=O) groups is 1. The van der Waals surface area contributed by atoms with Crippen molar-refractivity contribution in [2.75, 3.05) is 10.6 Å². The molecule has 0 saturated heterocycles. The number of anilines is 3. The van der Waals surface area contributed by atoms with Gasteiger partial charge >= 0.3 is 17.8 Å². The first kappa shape index (κ1) is 13.8. The Bertz CT molecular complexity index is 784. The molecule has 2 N–H and O–H groups in total. The SMILES string of the molecule is Cc1cccc(Nc2nnc(C(=O)Nc3ccccc3)o2)c1. The Morgan fingerprint density at radius 1 is 1.00 bits per heavy atom. The number of nitrogens with zero attached hydrogens (tertiary/aromatic N) is 2. The lowest BCUT2D eigenvalue weighted by atomic mass is 10.2. The number of nitrogens with one attached hydrogen (secondary N) is 2. The minimum Gasteiger partial charge on any atom is -0.399 e. The van der Waals surface area contributed by atoms with E-state index in [1.165, 1.54) is 0 Å². The maximum absolute atomic E-state index is 12.0. The van der Waals surface area contributed by atoms with E-state index in [2.05, 4.69) is 20.8 Å². The third-order valence-corrected chi connectivity index (χ3v) is 2.92.